The van der Waals surface area contributed by atoms with Crippen molar-refractivity contribution >= 4 is 0 Å². The molecule has 19 heavy (non-hydrogen) atoms. The normalized spacial score (nSPS) is 15.9. The molecule has 1 fully saturated rings. The summed E-state index contributed by atoms with van der Waals surface area (Å²) in [7, 11) is 3.28. The van der Waals surface area contributed by atoms with Gasteiger partial charge < -0.3 is 19.5 Å². The Kier molecular flexibility index (Phi) is 4.91. The zero-order chi connectivity index (χ0) is 13.7. The van der Waals surface area contributed by atoms with Gasteiger partial charge in [-0.25, -0.2) is 0 Å². The minimum Gasteiger partial charge on any atom is -0.493 e. The monoisotopic (exact) mass is 265 g/mol. The van der Waals surface area contributed by atoms with Crippen LogP contribution in [0.25, 0.3) is 0 Å². The Hall–Kier alpha value is -1.42. The summed E-state index contributed by atoms with van der Waals surface area (Å²) in [6.45, 7) is 3.82. The van der Waals surface area contributed by atoms with E-state index >= 15 is 0 Å². The van der Waals surface area contributed by atoms with Crippen LogP contribution in [0.5, 0.6) is 17.2 Å². The Bertz CT molecular complexity index is 382. The van der Waals surface area contributed by atoms with Crippen molar-refractivity contribution < 1.29 is 14.2 Å². The molecule has 1 N–H and O–H groups in total. The highest BCUT2D eigenvalue weighted by Gasteiger charge is 2.21. The molecule has 0 radical (unpaired) electrons. The zero-order valence-electron chi connectivity index (χ0n) is 11.9. The van der Waals surface area contributed by atoms with Gasteiger partial charge in [-0.15, -0.1) is 0 Å². The van der Waals surface area contributed by atoms with Gasteiger partial charge in [0.25, 0.3) is 0 Å². The van der Waals surface area contributed by atoms with Crippen LogP contribution >= 0.6 is 0 Å². The number of benzene rings is 1. The van der Waals surface area contributed by atoms with Crippen LogP contribution in [0.2, 0.25) is 0 Å². The van der Waals surface area contributed by atoms with E-state index in [2.05, 4.69) is 12.2 Å². The van der Waals surface area contributed by atoms with Gasteiger partial charge in [0, 0.05) is 18.5 Å². The third-order valence-corrected chi connectivity index (χ3v) is 3.23. The van der Waals surface area contributed by atoms with Crippen LogP contribution in [0.15, 0.2) is 18.2 Å². The van der Waals surface area contributed by atoms with Gasteiger partial charge in [-0.3, -0.25) is 0 Å². The number of nitrogens with one attached hydrogen (secondary N) is 1. The summed E-state index contributed by atoms with van der Waals surface area (Å²) in [6, 6.07) is 6.39. The topological polar surface area (TPSA) is 39.7 Å². The van der Waals surface area contributed by atoms with E-state index in [4.69, 9.17) is 14.2 Å². The summed E-state index contributed by atoms with van der Waals surface area (Å²) in [5.41, 5.74) is 0. The van der Waals surface area contributed by atoms with Crippen LogP contribution < -0.4 is 19.5 Å². The first-order valence-electron chi connectivity index (χ1n) is 6.81. The van der Waals surface area contributed by atoms with Crippen molar-refractivity contribution in [1.82, 2.24) is 5.32 Å². The Labute approximate surface area is 115 Å². The lowest BCUT2D eigenvalue weighted by atomic mass is 10.2. The maximum absolute atomic E-state index is 5.87. The fourth-order valence-corrected chi connectivity index (χ4v) is 1.90. The number of rotatable bonds is 8. The van der Waals surface area contributed by atoms with Gasteiger partial charge in [0.2, 0.25) is 5.75 Å². The minimum atomic E-state index is 0.454. The zero-order valence-corrected chi connectivity index (χ0v) is 11.9. The van der Waals surface area contributed by atoms with E-state index in [1.807, 2.05) is 18.2 Å². The van der Waals surface area contributed by atoms with Crippen molar-refractivity contribution in [3.8, 4) is 17.2 Å². The molecule has 4 nitrogen and oxygen atoms in total. The molecule has 1 aliphatic carbocycles. The van der Waals surface area contributed by atoms with E-state index in [9.17, 15) is 0 Å². The highest BCUT2D eigenvalue weighted by Crippen LogP contribution is 2.36. The Morgan fingerprint density at radius 1 is 1.21 bits per heavy atom. The summed E-state index contributed by atoms with van der Waals surface area (Å²) >= 11 is 0. The summed E-state index contributed by atoms with van der Waals surface area (Å²) in [4.78, 5) is 0. The second-order valence-corrected chi connectivity index (χ2v) is 5.09. The predicted molar refractivity (Wildman–Crippen MR) is 75.2 cm³/mol. The molecule has 0 spiro atoms. The number of para-hydroxylation sites is 1. The first-order valence-corrected chi connectivity index (χ1v) is 6.81. The lowest BCUT2D eigenvalue weighted by Gasteiger charge is -2.17. The molecule has 0 saturated heterocycles. The van der Waals surface area contributed by atoms with Crippen LogP contribution in [0, 0.1) is 5.92 Å². The molecule has 0 amide bonds. The van der Waals surface area contributed by atoms with E-state index < -0.39 is 0 Å². The third kappa shape index (κ3) is 4.03. The van der Waals surface area contributed by atoms with Gasteiger partial charge in [0.1, 0.15) is 0 Å². The van der Waals surface area contributed by atoms with E-state index in [0.717, 1.165) is 12.6 Å². The molecule has 1 aliphatic rings. The highest BCUT2D eigenvalue weighted by molar-refractivity contribution is 5.51. The van der Waals surface area contributed by atoms with Gasteiger partial charge >= 0.3 is 0 Å². The fraction of sp³-hybridized carbons (Fsp3) is 0.600. The van der Waals surface area contributed by atoms with E-state index in [1.165, 1.54) is 12.8 Å². The van der Waals surface area contributed by atoms with Crippen molar-refractivity contribution in [1.29, 1.82) is 0 Å². The number of hydrogen-bond donors (Lipinski definition) is 1. The molecule has 1 saturated carbocycles. The lowest BCUT2D eigenvalue weighted by molar-refractivity contribution is 0.232. The van der Waals surface area contributed by atoms with Crippen LogP contribution in [0.3, 0.4) is 0 Å². The molecule has 1 aromatic carbocycles. The van der Waals surface area contributed by atoms with Gasteiger partial charge in [0.05, 0.1) is 20.8 Å². The molecule has 1 atom stereocenters. The molecule has 2 rings (SSSR count). The molecule has 1 aromatic rings. The maximum Gasteiger partial charge on any atom is 0.203 e. The maximum atomic E-state index is 5.87. The van der Waals surface area contributed by atoms with Crippen LogP contribution in [0.4, 0.5) is 0 Å². The average Bonchev–Trinajstić information content (AvgIpc) is 3.26. The molecule has 1 unspecified atom stereocenters. The van der Waals surface area contributed by atoms with Crippen molar-refractivity contribution in [2.75, 3.05) is 27.4 Å². The standard InChI is InChI=1S/C15H23NO3/c1-11(9-16-12-7-8-12)10-19-15-13(17-2)5-4-6-14(15)18-3/h4-6,11-12,16H,7-10H2,1-3H3. The molecule has 0 bridgehead atoms. The smallest absolute Gasteiger partial charge is 0.203 e. The van der Waals surface area contributed by atoms with Crippen LogP contribution in [-0.2, 0) is 0 Å². The molecular weight excluding hydrogens is 242 g/mol. The van der Waals surface area contributed by atoms with E-state index in [-0.39, 0.29) is 0 Å². The first-order chi connectivity index (χ1) is 9.24. The predicted octanol–water partition coefficient (Wildman–Crippen LogP) is 2.47. The van der Waals surface area contributed by atoms with Crippen molar-refractivity contribution in [3.63, 3.8) is 0 Å². The van der Waals surface area contributed by atoms with Gasteiger partial charge in [0.15, 0.2) is 11.5 Å². The first kappa shape index (κ1) is 14.0. The number of hydrogen-bond acceptors (Lipinski definition) is 4. The Balaban J connectivity index is 1.89. The molecular formula is C15H23NO3. The van der Waals surface area contributed by atoms with Crippen molar-refractivity contribution in [2.45, 2.75) is 25.8 Å². The number of methoxy groups -OCH3 is 2. The van der Waals surface area contributed by atoms with Gasteiger partial charge in [-0.1, -0.05) is 13.0 Å². The molecule has 0 aromatic heterocycles. The largest absolute Gasteiger partial charge is 0.493 e. The Morgan fingerprint density at radius 3 is 2.37 bits per heavy atom. The van der Waals surface area contributed by atoms with E-state index in [1.54, 1.807) is 14.2 Å². The summed E-state index contributed by atoms with van der Waals surface area (Å²) in [5, 5.41) is 3.51. The van der Waals surface area contributed by atoms with Crippen LogP contribution in [0.1, 0.15) is 19.8 Å². The summed E-state index contributed by atoms with van der Waals surface area (Å²) in [6.07, 6.45) is 2.63. The fourth-order valence-electron chi connectivity index (χ4n) is 1.90. The van der Waals surface area contributed by atoms with Crippen LogP contribution in [-0.4, -0.2) is 33.4 Å². The summed E-state index contributed by atoms with van der Waals surface area (Å²) in [5.74, 6) is 2.56. The second kappa shape index (κ2) is 6.66. The molecule has 0 aliphatic heterocycles. The summed E-state index contributed by atoms with van der Waals surface area (Å²) < 4.78 is 16.5. The quantitative estimate of drug-likeness (QED) is 0.784. The SMILES string of the molecule is COc1cccc(OC)c1OCC(C)CNC1CC1. The average molecular weight is 265 g/mol. The minimum absolute atomic E-state index is 0.454. The Morgan fingerprint density at radius 2 is 1.84 bits per heavy atom. The molecule has 4 heteroatoms. The second-order valence-electron chi connectivity index (χ2n) is 5.09. The molecule has 0 heterocycles. The molecule has 106 valence electrons. The lowest BCUT2D eigenvalue weighted by Crippen LogP contribution is -2.26. The van der Waals surface area contributed by atoms with Crippen molar-refractivity contribution in [3.05, 3.63) is 18.2 Å². The number of ether oxygens (including phenoxy) is 3. The van der Waals surface area contributed by atoms with E-state index in [0.29, 0.717) is 29.8 Å². The van der Waals surface area contributed by atoms with Crippen molar-refractivity contribution in [2.24, 2.45) is 5.92 Å². The third-order valence-electron chi connectivity index (χ3n) is 3.23. The van der Waals surface area contributed by atoms with Gasteiger partial charge in [-0.05, 0) is 25.0 Å². The van der Waals surface area contributed by atoms with Gasteiger partial charge in [-0.2, -0.15) is 0 Å². The highest BCUT2D eigenvalue weighted by atomic mass is 16.5.